The van der Waals surface area contributed by atoms with E-state index in [0.717, 1.165) is 76.4 Å². The highest BCUT2D eigenvalue weighted by atomic mass is 35.5. The second-order valence-electron chi connectivity index (χ2n) is 8.18. The fraction of sp³-hybridized carbons (Fsp3) is 0.682. The summed E-state index contributed by atoms with van der Waals surface area (Å²) in [7, 11) is 0. The first-order valence-corrected chi connectivity index (χ1v) is 11.0. The average molecular weight is 392 g/mol. The number of carbonyl (C=O) groups is 1. The van der Waals surface area contributed by atoms with Gasteiger partial charge in [0.2, 0.25) is 0 Å². The predicted molar refractivity (Wildman–Crippen MR) is 112 cm³/mol. The van der Waals surface area contributed by atoms with Gasteiger partial charge in [0.05, 0.1) is 0 Å². The zero-order chi connectivity index (χ0) is 19.2. The predicted octanol–water partition coefficient (Wildman–Crippen LogP) is 4.52. The molecule has 1 aromatic carbocycles. The third-order valence-corrected chi connectivity index (χ3v) is 6.44. The fourth-order valence-corrected chi connectivity index (χ4v) is 4.71. The zero-order valence-corrected chi connectivity index (χ0v) is 17.6. The highest BCUT2D eigenvalue weighted by Gasteiger charge is 2.28. The lowest BCUT2D eigenvalue weighted by molar-refractivity contribution is 0.116. The second kappa shape index (κ2) is 9.79. The fourth-order valence-electron chi connectivity index (χ4n) is 4.50. The Hall–Kier alpha value is -1.26. The Kier molecular flexibility index (Phi) is 7.42. The maximum absolute atomic E-state index is 12.6. The van der Waals surface area contributed by atoms with Gasteiger partial charge in [-0.3, -0.25) is 0 Å². The van der Waals surface area contributed by atoms with E-state index in [4.69, 9.17) is 11.6 Å². The molecule has 2 fully saturated rings. The lowest BCUT2D eigenvalue weighted by Crippen LogP contribution is -2.47. The van der Waals surface area contributed by atoms with E-state index in [1.54, 1.807) is 0 Å². The van der Waals surface area contributed by atoms with Crippen molar-refractivity contribution in [3.05, 3.63) is 34.9 Å². The summed E-state index contributed by atoms with van der Waals surface area (Å²) < 4.78 is 0. The number of hydrogen-bond acceptors (Lipinski definition) is 2. The molecule has 0 radical (unpaired) electrons. The Morgan fingerprint density at radius 3 is 2.48 bits per heavy atom. The van der Waals surface area contributed by atoms with Crippen molar-refractivity contribution in [1.82, 2.24) is 14.7 Å². The number of urea groups is 1. The molecule has 0 saturated carbocycles. The minimum atomic E-state index is 0.271. The molecule has 3 rings (SSSR count). The van der Waals surface area contributed by atoms with Crippen molar-refractivity contribution in [3.63, 3.8) is 0 Å². The number of benzene rings is 1. The molecule has 2 aliphatic rings. The molecular weight excluding hydrogens is 358 g/mol. The molecule has 0 spiro atoms. The van der Waals surface area contributed by atoms with Crippen LogP contribution in [0.5, 0.6) is 0 Å². The third-order valence-electron chi connectivity index (χ3n) is 6.20. The highest BCUT2D eigenvalue weighted by molar-refractivity contribution is 6.30. The maximum atomic E-state index is 12.6. The molecule has 27 heavy (non-hydrogen) atoms. The zero-order valence-electron chi connectivity index (χ0n) is 16.9. The normalized spacial score (nSPS) is 19.7. The minimum Gasteiger partial charge on any atom is -0.325 e. The molecule has 0 aromatic heterocycles. The lowest BCUT2D eigenvalue weighted by atomic mass is 9.95. The van der Waals surface area contributed by atoms with Gasteiger partial charge in [0.25, 0.3) is 0 Å². The van der Waals surface area contributed by atoms with Crippen molar-refractivity contribution in [3.8, 4) is 0 Å². The lowest BCUT2D eigenvalue weighted by Gasteiger charge is -2.38. The number of halogens is 1. The van der Waals surface area contributed by atoms with E-state index in [9.17, 15) is 4.79 Å². The molecule has 4 nitrogen and oxygen atoms in total. The van der Waals surface area contributed by atoms with Crippen LogP contribution in [0.3, 0.4) is 0 Å². The largest absolute Gasteiger partial charge is 0.325 e. The van der Waals surface area contributed by atoms with E-state index in [0.29, 0.717) is 12.0 Å². The number of amides is 2. The second-order valence-corrected chi connectivity index (χ2v) is 8.61. The average Bonchev–Trinajstić information content (AvgIpc) is 3.20. The van der Waals surface area contributed by atoms with Crippen LogP contribution in [0.2, 0.25) is 5.02 Å². The maximum Gasteiger partial charge on any atom is 0.319 e. The van der Waals surface area contributed by atoms with Crippen LogP contribution in [0, 0.1) is 5.92 Å². The first-order chi connectivity index (χ1) is 13.1. The number of hydrogen-bond donors (Lipinski definition) is 0. The third kappa shape index (κ3) is 5.61. The van der Waals surface area contributed by atoms with Gasteiger partial charge >= 0.3 is 6.03 Å². The van der Waals surface area contributed by atoms with Crippen LogP contribution in [0.1, 0.15) is 45.1 Å². The summed E-state index contributed by atoms with van der Waals surface area (Å²) in [6.45, 7) is 10.5. The monoisotopic (exact) mass is 391 g/mol. The van der Waals surface area contributed by atoms with Gasteiger partial charge in [-0.05, 0) is 69.2 Å². The summed E-state index contributed by atoms with van der Waals surface area (Å²) in [5, 5.41) is 0.817. The van der Waals surface area contributed by atoms with Crippen molar-refractivity contribution in [2.24, 2.45) is 5.92 Å². The first-order valence-electron chi connectivity index (χ1n) is 10.6. The molecule has 2 aliphatic heterocycles. The molecule has 0 aliphatic carbocycles. The summed E-state index contributed by atoms with van der Waals surface area (Å²) in [5.74, 6) is 0.689. The Labute approximate surface area is 169 Å². The molecule has 2 heterocycles. The summed E-state index contributed by atoms with van der Waals surface area (Å²) in [5.41, 5.74) is 1.31. The topological polar surface area (TPSA) is 26.8 Å². The number of rotatable bonds is 6. The molecule has 0 N–H and O–H groups in total. The van der Waals surface area contributed by atoms with Crippen LogP contribution in [0.25, 0.3) is 0 Å². The Bertz CT molecular complexity index is 609. The van der Waals surface area contributed by atoms with E-state index in [-0.39, 0.29) is 6.03 Å². The smallest absolute Gasteiger partial charge is 0.319 e. The van der Waals surface area contributed by atoms with Gasteiger partial charge in [-0.15, -0.1) is 0 Å². The molecule has 1 aromatic rings. The number of likely N-dealkylation sites (N-methyl/N-ethyl adjacent to an activating group) is 1. The van der Waals surface area contributed by atoms with Gasteiger partial charge in [-0.1, -0.05) is 30.7 Å². The van der Waals surface area contributed by atoms with Crippen LogP contribution in [-0.2, 0) is 6.42 Å². The summed E-state index contributed by atoms with van der Waals surface area (Å²) in [6, 6.07) is 8.98. The highest BCUT2D eigenvalue weighted by Crippen LogP contribution is 2.22. The van der Waals surface area contributed by atoms with E-state index in [1.807, 2.05) is 17.0 Å². The summed E-state index contributed by atoms with van der Waals surface area (Å²) in [6.07, 6.45) is 5.61. The molecule has 1 atom stereocenters. The van der Waals surface area contributed by atoms with Gasteiger partial charge in [0.1, 0.15) is 0 Å². The van der Waals surface area contributed by atoms with Crippen LogP contribution in [0.15, 0.2) is 24.3 Å². The molecule has 0 bridgehead atoms. The Morgan fingerprint density at radius 1 is 1.19 bits per heavy atom. The van der Waals surface area contributed by atoms with E-state index < -0.39 is 0 Å². The summed E-state index contributed by atoms with van der Waals surface area (Å²) >= 11 is 6.13. The van der Waals surface area contributed by atoms with Crippen LogP contribution >= 0.6 is 11.6 Å². The molecular formula is C22H34ClN3O. The van der Waals surface area contributed by atoms with Gasteiger partial charge in [0.15, 0.2) is 0 Å². The molecule has 150 valence electrons. The number of nitrogens with zero attached hydrogens (tertiary/aromatic N) is 3. The Balaban J connectivity index is 1.46. The minimum absolute atomic E-state index is 0.271. The van der Waals surface area contributed by atoms with E-state index >= 15 is 0 Å². The molecule has 2 amide bonds. The van der Waals surface area contributed by atoms with Gasteiger partial charge in [0, 0.05) is 43.8 Å². The van der Waals surface area contributed by atoms with Crippen molar-refractivity contribution in [2.75, 3.05) is 39.3 Å². The number of piperidine rings is 1. The van der Waals surface area contributed by atoms with E-state index in [1.165, 1.54) is 5.56 Å². The van der Waals surface area contributed by atoms with Crippen LogP contribution in [-0.4, -0.2) is 66.0 Å². The van der Waals surface area contributed by atoms with Crippen molar-refractivity contribution in [1.29, 1.82) is 0 Å². The summed E-state index contributed by atoms with van der Waals surface area (Å²) in [4.78, 5) is 19.3. The standard InChI is InChI=1S/C22H34ClN3O/c1-3-24(18(2)15-20-7-6-8-21(23)16-20)17-19-9-13-26(14-10-19)22(27)25-11-4-5-12-25/h6-8,16,18-19H,3-5,9-15,17H2,1-2H3. The quantitative estimate of drug-likeness (QED) is 0.712. The van der Waals surface area contributed by atoms with Crippen molar-refractivity contribution in [2.45, 2.75) is 52.0 Å². The number of likely N-dealkylation sites (tertiary alicyclic amines) is 2. The SMILES string of the molecule is CCN(CC1CCN(C(=O)N2CCCC2)CC1)C(C)Cc1cccc(Cl)c1. The Morgan fingerprint density at radius 2 is 1.85 bits per heavy atom. The molecule has 5 heteroatoms. The van der Waals surface area contributed by atoms with Crippen molar-refractivity contribution >= 4 is 17.6 Å². The van der Waals surface area contributed by atoms with Crippen LogP contribution < -0.4 is 0 Å². The van der Waals surface area contributed by atoms with Crippen LogP contribution in [0.4, 0.5) is 4.79 Å². The number of carbonyl (C=O) groups excluding carboxylic acids is 1. The van der Waals surface area contributed by atoms with Gasteiger partial charge in [-0.25, -0.2) is 4.79 Å². The van der Waals surface area contributed by atoms with E-state index in [2.05, 4.69) is 35.8 Å². The van der Waals surface area contributed by atoms with Gasteiger partial charge in [-0.2, -0.15) is 0 Å². The first kappa shape index (κ1) is 20.5. The molecule has 1 unspecified atom stereocenters. The van der Waals surface area contributed by atoms with Gasteiger partial charge < -0.3 is 14.7 Å². The van der Waals surface area contributed by atoms with Crippen molar-refractivity contribution < 1.29 is 4.79 Å². The molecule has 2 saturated heterocycles.